The molecule has 1 aliphatic heterocycles. The molecule has 0 spiro atoms. The largest absolute Gasteiger partial charge is 0.493 e. The number of hydrogen-bond donors (Lipinski definition) is 1. The molecule has 1 saturated heterocycles. The van der Waals surface area contributed by atoms with E-state index in [1.165, 1.54) is 0 Å². The van der Waals surface area contributed by atoms with E-state index in [2.05, 4.69) is 28.3 Å². The highest BCUT2D eigenvalue weighted by Gasteiger charge is 2.33. The second-order valence-corrected chi connectivity index (χ2v) is 9.17. The zero-order valence-electron chi connectivity index (χ0n) is 17.0. The van der Waals surface area contributed by atoms with E-state index in [9.17, 15) is 9.59 Å². The molecule has 1 fully saturated rings. The molecule has 0 atom stereocenters. The van der Waals surface area contributed by atoms with E-state index in [0.29, 0.717) is 28.6 Å². The first-order valence-corrected chi connectivity index (χ1v) is 11.6. The van der Waals surface area contributed by atoms with Gasteiger partial charge in [-0.2, -0.15) is 5.01 Å². The molecule has 0 unspecified atom stereocenters. The van der Waals surface area contributed by atoms with Crippen molar-refractivity contribution in [2.24, 2.45) is 0 Å². The highest BCUT2D eigenvalue weighted by Crippen LogP contribution is 2.34. The second kappa shape index (κ2) is 10.8. The summed E-state index contributed by atoms with van der Waals surface area (Å²) >= 11 is 9.74. The molecule has 3 rings (SSSR count). The first kappa shape index (κ1) is 23.3. The minimum atomic E-state index is -0.416. The lowest BCUT2D eigenvalue weighted by Crippen LogP contribution is -2.44. The van der Waals surface area contributed by atoms with Crippen LogP contribution in [0.25, 0.3) is 6.08 Å². The SMILES string of the molecule is CCCCOc1ccc(/C=C2\SC(=S)N(NC(=O)c3ccc(Br)cc3)C2=O)cc1OC. The van der Waals surface area contributed by atoms with Gasteiger partial charge >= 0.3 is 0 Å². The van der Waals surface area contributed by atoms with E-state index in [0.717, 1.165) is 39.6 Å². The molecule has 2 aromatic rings. The number of rotatable bonds is 8. The van der Waals surface area contributed by atoms with Crippen LogP contribution in [0, 0.1) is 0 Å². The van der Waals surface area contributed by atoms with Crippen molar-refractivity contribution in [3.8, 4) is 11.5 Å². The number of nitrogens with zero attached hydrogens (tertiary/aromatic N) is 1. The van der Waals surface area contributed by atoms with Crippen LogP contribution in [0.1, 0.15) is 35.7 Å². The van der Waals surface area contributed by atoms with E-state index in [1.807, 2.05) is 12.1 Å². The summed E-state index contributed by atoms with van der Waals surface area (Å²) in [7, 11) is 1.57. The number of unbranched alkanes of at least 4 members (excludes halogenated alkanes) is 1. The zero-order chi connectivity index (χ0) is 22.4. The van der Waals surface area contributed by atoms with E-state index >= 15 is 0 Å². The maximum Gasteiger partial charge on any atom is 0.285 e. The Balaban J connectivity index is 1.73. The molecule has 6 nitrogen and oxygen atoms in total. The van der Waals surface area contributed by atoms with Crippen molar-refractivity contribution in [1.29, 1.82) is 0 Å². The Bertz CT molecular complexity index is 1020. The smallest absolute Gasteiger partial charge is 0.285 e. The van der Waals surface area contributed by atoms with Crippen molar-refractivity contribution in [3.05, 3.63) is 63.0 Å². The molecule has 0 aromatic heterocycles. The minimum absolute atomic E-state index is 0.258. The molecule has 9 heteroatoms. The summed E-state index contributed by atoms with van der Waals surface area (Å²) < 4.78 is 12.3. The maximum atomic E-state index is 12.8. The van der Waals surface area contributed by atoms with E-state index in [4.69, 9.17) is 21.7 Å². The summed E-state index contributed by atoms with van der Waals surface area (Å²) in [5.41, 5.74) is 3.76. The lowest BCUT2D eigenvalue weighted by molar-refractivity contribution is -0.123. The predicted molar refractivity (Wildman–Crippen MR) is 130 cm³/mol. The topological polar surface area (TPSA) is 67.9 Å². The summed E-state index contributed by atoms with van der Waals surface area (Å²) in [6.45, 7) is 2.71. The van der Waals surface area contributed by atoms with Gasteiger partial charge in [-0.3, -0.25) is 15.0 Å². The number of hydrogen-bond acceptors (Lipinski definition) is 6. The Kier molecular flexibility index (Phi) is 8.11. The predicted octanol–water partition coefficient (Wildman–Crippen LogP) is 5.18. The molecule has 2 aromatic carbocycles. The van der Waals surface area contributed by atoms with Gasteiger partial charge in [-0.25, -0.2) is 0 Å². The number of carbonyl (C=O) groups is 2. The number of hydrazine groups is 1. The normalized spacial score (nSPS) is 14.8. The number of carbonyl (C=O) groups excluding carboxylic acids is 2. The van der Waals surface area contributed by atoms with Gasteiger partial charge in [0.15, 0.2) is 15.8 Å². The molecule has 1 heterocycles. The molecular formula is C22H21BrN2O4S2. The van der Waals surface area contributed by atoms with Gasteiger partial charge in [0.05, 0.1) is 18.6 Å². The fourth-order valence-electron chi connectivity index (χ4n) is 2.70. The van der Waals surface area contributed by atoms with Gasteiger partial charge in [0.25, 0.3) is 11.8 Å². The Hall–Kier alpha value is -2.36. The Morgan fingerprint density at radius 3 is 2.65 bits per heavy atom. The Morgan fingerprint density at radius 1 is 1.23 bits per heavy atom. The van der Waals surface area contributed by atoms with Crippen LogP contribution in [-0.2, 0) is 4.79 Å². The summed E-state index contributed by atoms with van der Waals surface area (Å²) in [6, 6.07) is 12.3. The average molecular weight is 521 g/mol. The van der Waals surface area contributed by atoms with Gasteiger partial charge < -0.3 is 9.47 Å². The highest BCUT2D eigenvalue weighted by molar-refractivity contribution is 9.10. The zero-order valence-corrected chi connectivity index (χ0v) is 20.2. The van der Waals surface area contributed by atoms with Crippen LogP contribution in [0.4, 0.5) is 0 Å². The van der Waals surface area contributed by atoms with Gasteiger partial charge in [-0.05, 0) is 66.7 Å². The van der Waals surface area contributed by atoms with Crippen LogP contribution in [0.3, 0.4) is 0 Å². The van der Waals surface area contributed by atoms with Crippen LogP contribution in [-0.4, -0.2) is 34.9 Å². The van der Waals surface area contributed by atoms with Crippen LogP contribution >= 0.6 is 39.9 Å². The number of ether oxygens (including phenoxy) is 2. The van der Waals surface area contributed by atoms with Crippen molar-refractivity contribution in [2.45, 2.75) is 19.8 Å². The highest BCUT2D eigenvalue weighted by atomic mass is 79.9. The van der Waals surface area contributed by atoms with Crippen LogP contribution in [0.5, 0.6) is 11.5 Å². The molecule has 162 valence electrons. The average Bonchev–Trinajstić information content (AvgIpc) is 3.02. The van der Waals surface area contributed by atoms with Crippen LogP contribution in [0.15, 0.2) is 51.8 Å². The lowest BCUT2D eigenvalue weighted by Gasteiger charge is -2.15. The van der Waals surface area contributed by atoms with Crippen molar-refractivity contribution >= 4 is 62.1 Å². The third kappa shape index (κ3) is 5.87. The van der Waals surface area contributed by atoms with Crippen LogP contribution < -0.4 is 14.9 Å². The minimum Gasteiger partial charge on any atom is -0.493 e. The van der Waals surface area contributed by atoms with Gasteiger partial charge in [0, 0.05) is 10.0 Å². The molecular weight excluding hydrogens is 500 g/mol. The van der Waals surface area contributed by atoms with Crippen molar-refractivity contribution in [3.63, 3.8) is 0 Å². The molecule has 1 N–H and O–H groups in total. The first-order chi connectivity index (χ1) is 14.9. The monoisotopic (exact) mass is 520 g/mol. The van der Waals surface area contributed by atoms with Crippen LogP contribution in [0.2, 0.25) is 0 Å². The number of nitrogens with one attached hydrogen (secondary N) is 1. The number of methoxy groups -OCH3 is 1. The van der Waals surface area contributed by atoms with Gasteiger partial charge in [-0.1, -0.05) is 47.1 Å². The molecule has 0 radical (unpaired) electrons. The van der Waals surface area contributed by atoms with Crippen molar-refractivity contribution < 1.29 is 19.1 Å². The maximum absolute atomic E-state index is 12.8. The molecule has 0 bridgehead atoms. The number of amides is 2. The molecule has 1 aliphatic rings. The molecule has 0 saturated carbocycles. The Labute approximate surface area is 199 Å². The van der Waals surface area contributed by atoms with E-state index in [-0.39, 0.29) is 10.2 Å². The summed E-state index contributed by atoms with van der Waals surface area (Å²) in [5.74, 6) is 0.439. The number of thioether (sulfide) groups is 1. The summed E-state index contributed by atoms with van der Waals surface area (Å²) in [6.07, 6.45) is 3.71. The third-order valence-corrected chi connectivity index (χ3v) is 6.19. The third-order valence-electron chi connectivity index (χ3n) is 4.35. The second-order valence-electron chi connectivity index (χ2n) is 6.58. The molecule has 0 aliphatic carbocycles. The van der Waals surface area contributed by atoms with Gasteiger partial charge in [0.1, 0.15) is 0 Å². The molecule has 2 amide bonds. The van der Waals surface area contributed by atoms with Crippen molar-refractivity contribution in [2.75, 3.05) is 13.7 Å². The summed E-state index contributed by atoms with van der Waals surface area (Å²) in [5, 5.41) is 1.09. The quantitative estimate of drug-likeness (QED) is 0.293. The lowest BCUT2D eigenvalue weighted by atomic mass is 10.2. The Morgan fingerprint density at radius 2 is 1.97 bits per heavy atom. The molecule has 31 heavy (non-hydrogen) atoms. The fraction of sp³-hybridized carbons (Fsp3) is 0.227. The standard InChI is InChI=1S/C22H21BrN2O4S2/c1-3-4-11-29-17-10-5-14(12-18(17)28-2)13-19-21(27)25(22(30)31-19)24-20(26)15-6-8-16(23)9-7-15/h5-10,12-13H,3-4,11H2,1-2H3,(H,24,26)/b19-13-. The number of thiocarbonyl (C=S) groups is 1. The van der Waals surface area contributed by atoms with Gasteiger partial charge in [-0.15, -0.1) is 0 Å². The van der Waals surface area contributed by atoms with E-state index in [1.54, 1.807) is 43.5 Å². The van der Waals surface area contributed by atoms with E-state index < -0.39 is 5.91 Å². The first-order valence-electron chi connectivity index (χ1n) is 9.58. The van der Waals surface area contributed by atoms with Gasteiger partial charge in [0.2, 0.25) is 0 Å². The number of halogens is 1. The number of benzene rings is 2. The van der Waals surface area contributed by atoms with Crippen molar-refractivity contribution in [1.82, 2.24) is 10.4 Å². The fourth-order valence-corrected chi connectivity index (χ4v) is 4.15. The summed E-state index contributed by atoms with van der Waals surface area (Å²) in [4.78, 5) is 25.7.